The molecule has 0 heterocycles. The molecule has 1 aliphatic carbocycles. The number of hydrogen-bond acceptors (Lipinski definition) is 4. The fourth-order valence-corrected chi connectivity index (χ4v) is 3.13. The maximum atomic E-state index is 13.1. The molecule has 2 unspecified atom stereocenters. The molecule has 0 aromatic heterocycles. The zero-order chi connectivity index (χ0) is 17.9. The number of carbonyl (C=O) groups is 2. The molecular weight excluding hydrogens is 318 g/mol. The summed E-state index contributed by atoms with van der Waals surface area (Å²) >= 11 is 0. The molecule has 1 aromatic carbocycles. The number of aliphatic hydroxyl groups is 1. The topological polar surface area (TPSA) is 92.4 Å². The van der Waals surface area contributed by atoms with Crippen LogP contribution in [0.15, 0.2) is 18.2 Å². The van der Waals surface area contributed by atoms with Gasteiger partial charge in [-0.3, -0.25) is 9.59 Å². The highest BCUT2D eigenvalue weighted by Gasteiger charge is 2.41. The summed E-state index contributed by atoms with van der Waals surface area (Å²) in [5.41, 5.74) is 4.41. The number of rotatable bonds is 5. The molecule has 1 aromatic rings. The summed E-state index contributed by atoms with van der Waals surface area (Å²) in [5, 5.41) is 12.6. The Labute approximate surface area is 139 Å². The Balaban J connectivity index is 1.96. The van der Waals surface area contributed by atoms with Gasteiger partial charge < -0.3 is 16.2 Å². The fourth-order valence-electron chi connectivity index (χ4n) is 3.13. The van der Waals surface area contributed by atoms with E-state index >= 15 is 0 Å². The average molecular weight is 340 g/mol. The molecule has 0 aliphatic heterocycles. The number of carbonyl (C=O) groups excluding carboxylic acids is 2. The first-order chi connectivity index (χ1) is 11.2. The van der Waals surface area contributed by atoms with Crippen molar-refractivity contribution in [3.05, 3.63) is 35.4 Å². The molecule has 1 aliphatic rings. The van der Waals surface area contributed by atoms with E-state index in [1.165, 1.54) is 6.92 Å². The predicted octanol–water partition coefficient (Wildman–Crippen LogP) is 1.42. The van der Waals surface area contributed by atoms with E-state index in [2.05, 4.69) is 5.32 Å². The van der Waals surface area contributed by atoms with Crippen LogP contribution in [-0.4, -0.2) is 28.6 Å². The smallest absolute Gasteiger partial charge is 0.224 e. The first-order valence-corrected chi connectivity index (χ1v) is 7.98. The van der Waals surface area contributed by atoms with Gasteiger partial charge in [0, 0.05) is 6.07 Å². The minimum atomic E-state index is -1.56. The first-order valence-electron chi connectivity index (χ1n) is 7.98. The lowest BCUT2D eigenvalue weighted by Gasteiger charge is -2.36. The van der Waals surface area contributed by atoms with E-state index in [1.807, 2.05) is 0 Å². The van der Waals surface area contributed by atoms with E-state index in [4.69, 9.17) is 5.73 Å². The second-order valence-electron chi connectivity index (χ2n) is 6.44. The normalized spacial score (nSPS) is 25.1. The molecule has 5 nitrogen and oxygen atoms in total. The van der Waals surface area contributed by atoms with Crippen molar-refractivity contribution in [3.63, 3.8) is 0 Å². The van der Waals surface area contributed by atoms with Crippen molar-refractivity contribution >= 4 is 11.7 Å². The van der Waals surface area contributed by atoms with Crippen LogP contribution in [0.2, 0.25) is 0 Å². The molecule has 1 amide bonds. The van der Waals surface area contributed by atoms with E-state index in [0.717, 1.165) is 31.0 Å². The van der Waals surface area contributed by atoms with Gasteiger partial charge in [0.15, 0.2) is 5.78 Å². The second-order valence-corrected chi connectivity index (χ2v) is 6.44. The Morgan fingerprint density at radius 1 is 1.33 bits per heavy atom. The Morgan fingerprint density at radius 3 is 2.54 bits per heavy atom. The van der Waals surface area contributed by atoms with Gasteiger partial charge in [-0.05, 0) is 43.9 Å². The summed E-state index contributed by atoms with van der Waals surface area (Å²) in [5.74, 6) is -3.13. The minimum absolute atomic E-state index is 0.178. The maximum absolute atomic E-state index is 13.1. The first kappa shape index (κ1) is 18.5. The van der Waals surface area contributed by atoms with Gasteiger partial charge in [0.2, 0.25) is 5.91 Å². The molecule has 132 valence electrons. The number of Topliss-reactive ketones (excluding diaryl/α,β-unsaturated/α-hetero) is 1. The maximum Gasteiger partial charge on any atom is 0.224 e. The average Bonchev–Trinajstić information content (AvgIpc) is 2.44. The monoisotopic (exact) mass is 340 g/mol. The van der Waals surface area contributed by atoms with Gasteiger partial charge in [-0.1, -0.05) is 6.42 Å². The molecule has 1 fully saturated rings. The zero-order valence-corrected chi connectivity index (χ0v) is 13.5. The highest BCUT2D eigenvalue weighted by molar-refractivity contribution is 5.91. The molecule has 0 spiro atoms. The SMILES string of the molecule is C[C@H](NC(=O)Cc1cc(F)cc(F)c1)C(=O)C1CCCCC1(N)O. The third kappa shape index (κ3) is 4.58. The molecular formula is C17H22F2N2O3. The van der Waals surface area contributed by atoms with Crippen molar-refractivity contribution in [2.75, 3.05) is 0 Å². The van der Waals surface area contributed by atoms with Gasteiger partial charge in [-0.2, -0.15) is 0 Å². The summed E-state index contributed by atoms with van der Waals surface area (Å²) in [6, 6.07) is 2.01. The Hall–Kier alpha value is -1.86. The van der Waals surface area contributed by atoms with Gasteiger partial charge >= 0.3 is 0 Å². The quantitative estimate of drug-likeness (QED) is 0.707. The lowest BCUT2D eigenvalue weighted by atomic mass is 9.77. The molecule has 3 atom stereocenters. The van der Waals surface area contributed by atoms with Gasteiger partial charge in [0.1, 0.15) is 17.4 Å². The van der Waals surface area contributed by atoms with Crippen LogP contribution >= 0.6 is 0 Å². The van der Waals surface area contributed by atoms with Crippen LogP contribution in [0.5, 0.6) is 0 Å². The van der Waals surface area contributed by atoms with Gasteiger partial charge in [-0.15, -0.1) is 0 Å². The summed E-state index contributed by atoms with van der Waals surface area (Å²) < 4.78 is 26.3. The number of nitrogens with two attached hydrogens (primary N) is 1. The van der Waals surface area contributed by atoms with Crippen molar-refractivity contribution in [1.29, 1.82) is 0 Å². The van der Waals surface area contributed by atoms with Crippen LogP contribution in [0.4, 0.5) is 8.78 Å². The minimum Gasteiger partial charge on any atom is -0.375 e. The van der Waals surface area contributed by atoms with E-state index in [9.17, 15) is 23.5 Å². The Bertz CT molecular complexity index is 614. The fraction of sp³-hybridized carbons (Fsp3) is 0.529. The number of benzene rings is 1. The van der Waals surface area contributed by atoms with Gasteiger partial charge in [0.05, 0.1) is 18.4 Å². The van der Waals surface area contributed by atoms with Crippen molar-refractivity contribution in [2.45, 2.75) is 50.8 Å². The molecule has 7 heteroatoms. The summed E-state index contributed by atoms with van der Waals surface area (Å²) in [4.78, 5) is 24.4. The van der Waals surface area contributed by atoms with E-state index in [0.29, 0.717) is 12.8 Å². The van der Waals surface area contributed by atoms with Gasteiger partial charge in [-0.25, -0.2) is 8.78 Å². The summed E-state index contributed by atoms with van der Waals surface area (Å²) in [6.07, 6.45) is 2.11. The van der Waals surface area contributed by atoms with E-state index in [1.54, 1.807) is 0 Å². The molecule has 0 radical (unpaired) electrons. The zero-order valence-electron chi connectivity index (χ0n) is 13.5. The van der Waals surface area contributed by atoms with Crippen molar-refractivity contribution in [2.24, 2.45) is 11.7 Å². The third-order valence-corrected chi connectivity index (χ3v) is 4.36. The summed E-state index contributed by atoms with van der Waals surface area (Å²) in [7, 11) is 0. The lowest BCUT2D eigenvalue weighted by molar-refractivity contribution is -0.139. The number of ketones is 1. The summed E-state index contributed by atoms with van der Waals surface area (Å²) in [6.45, 7) is 1.51. The lowest BCUT2D eigenvalue weighted by Crippen LogP contribution is -2.56. The number of amides is 1. The Morgan fingerprint density at radius 2 is 1.96 bits per heavy atom. The molecule has 4 N–H and O–H groups in total. The standard InChI is InChI=1S/C17H22F2N2O3/c1-10(16(23)14-4-2-3-5-17(14,20)24)21-15(22)8-11-6-12(18)9-13(19)7-11/h6-7,9-10,14,24H,2-5,8,20H2,1H3,(H,21,22)/t10-,14?,17?/m0/s1. The van der Waals surface area contributed by atoms with Crippen LogP contribution in [0.3, 0.4) is 0 Å². The van der Waals surface area contributed by atoms with Crippen LogP contribution in [0, 0.1) is 17.6 Å². The highest BCUT2D eigenvalue weighted by Crippen LogP contribution is 2.31. The van der Waals surface area contributed by atoms with Crippen molar-refractivity contribution in [3.8, 4) is 0 Å². The van der Waals surface area contributed by atoms with E-state index < -0.39 is 35.2 Å². The van der Waals surface area contributed by atoms with Crippen LogP contribution < -0.4 is 11.1 Å². The van der Waals surface area contributed by atoms with Crippen molar-refractivity contribution < 1.29 is 23.5 Å². The van der Waals surface area contributed by atoms with Gasteiger partial charge in [0.25, 0.3) is 0 Å². The molecule has 0 saturated heterocycles. The number of hydrogen-bond donors (Lipinski definition) is 3. The molecule has 24 heavy (non-hydrogen) atoms. The molecule has 0 bridgehead atoms. The molecule has 2 rings (SSSR count). The largest absolute Gasteiger partial charge is 0.375 e. The highest BCUT2D eigenvalue weighted by atomic mass is 19.1. The van der Waals surface area contributed by atoms with Crippen LogP contribution in [0.1, 0.15) is 38.2 Å². The predicted molar refractivity (Wildman–Crippen MR) is 83.8 cm³/mol. The second kappa shape index (κ2) is 7.36. The number of halogens is 2. The van der Waals surface area contributed by atoms with Crippen LogP contribution in [0.25, 0.3) is 0 Å². The van der Waals surface area contributed by atoms with Crippen molar-refractivity contribution in [1.82, 2.24) is 5.32 Å². The Kier molecular flexibility index (Phi) is 5.66. The van der Waals surface area contributed by atoms with E-state index in [-0.39, 0.29) is 17.8 Å². The molecule has 1 saturated carbocycles. The number of nitrogens with one attached hydrogen (secondary N) is 1. The van der Waals surface area contributed by atoms with Crippen LogP contribution in [-0.2, 0) is 16.0 Å². The third-order valence-electron chi connectivity index (χ3n) is 4.36.